The molecular weight excluding hydrogens is 342 g/mol. The zero-order valence-electron chi connectivity index (χ0n) is 8.87. The van der Waals surface area contributed by atoms with E-state index in [0.717, 1.165) is 14.5 Å². The molecule has 3 heteroatoms. The van der Waals surface area contributed by atoms with Gasteiger partial charge in [-0.3, -0.25) is 0 Å². The maximum absolute atomic E-state index is 3.60. The third-order valence-corrected chi connectivity index (χ3v) is 3.99. The van der Waals surface area contributed by atoms with Crippen molar-refractivity contribution in [3.63, 3.8) is 0 Å². The molecule has 0 aliphatic heterocycles. The Labute approximate surface area is 116 Å². The van der Waals surface area contributed by atoms with Gasteiger partial charge in [-0.25, -0.2) is 0 Å². The van der Waals surface area contributed by atoms with Gasteiger partial charge < -0.3 is 4.98 Å². The number of hydrogen-bond acceptors (Lipinski definition) is 0. The van der Waals surface area contributed by atoms with Crippen LogP contribution in [0.1, 0.15) is 0 Å². The van der Waals surface area contributed by atoms with Crippen LogP contribution in [0.2, 0.25) is 0 Å². The summed E-state index contributed by atoms with van der Waals surface area (Å²) in [5.74, 6) is 0. The van der Waals surface area contributed by atoms with Crippen molar-refractivity contribution in [3.8, 4) is 11.1 Å². The average molecular weight is 351 g/mol. The van der Waals surface area contributed by atoms with Crippen LogP contribution in [0.25, 0.3) is 22.0 Å². The van der Waals surface area contributed by atoms with Gasteiger partial charge in [-0.15, -0.1) is 0 Å². The summed E-state index contributed by atoms with van der Waals surface area (Å²) in [5.41, 5.74) is 3.57. The van der Waals surface area contributed by atoms with Crippen molar-refractivity contribution in [2.24, 2.45) is 0 Å². The molecule has 0 unspecified atom stereocenters. The molecule has 0 bridgehead atoms. The first-order chi connectivity index (χ1) is 8.25. The highest BCUT2D eigenvalue weighted by Gasteiger charge is 2.08. The van der Waals surface area contributed by atoms with Gasteiger partial charge in [0.1, 0.15) is 0 Å². The number of H-pyrrole nitrogens is 1. The third-order valence-electron chi connectivity index (χ3n) is 2.81. The lowest BCUT2D eigenvalue weighted by molar-refractivity contribution is 1.47. The Morgan fingerprint density at radius 1 is 0.882 bits per heavy atom. The van der Waals surface area contributed by atoms with E-state index in [1.807, 2.05) is 12.1 Å². The van der Waals surface area contributed by atoms with E-state index in [0.29, 0.717) is 0 Å². The van der Waals surface area contributed by atoms with Crippen molar-refractivity contribution in [2.45, 2.75) is 0 Å². The molecule has 1 aromatic heterocycles. The molecule has 0 saturated carbocycles. The van der Waals surface area contributed by atoms with Crippen LogP contribution in [0.3, 0.4) is 0 Å². The third kappa shape index (κ3) is 1.94. The highest BCUT2D eigenvalue weighted by Crippen LogP contribution is 2.34. The van der Waals surface area contributed by atoms with Crippen molar-refractivity contribution in [1.82, 2.24) is 4.98 Å². The molecule has 0 aliphatic carbocycles. The molecule has 0 aliphatic rings. The van der Waals surface area contributed by atoms with Gasteiger partial charge in [-0.05, 0) is 29.8 Å². The molecule has 3 rings (SSSR count). The van der Waals surface area contributed by atoms with Crippen LogP contribution in [-0.4, -0.2) is 4.98 Å². The summed E-state index contributed by atoms with van der Waals surface area (Å²) in [6.45, 7) is 0. The number of halogens is 2. The Hall–Kier alpha value is -1.06. The smallest absolute Gasteiger partial charge is 0.0461 e. The number of nitrogens with one attached hydrogen (secondary N) is 1. The summed E-state index contributed by atoms with van der Waals surface area (Å²) in [5, 5.41) is 1.23. The molecule has 17 heavy (non-hydrogen) atoms. The van der Waals surface area contributed by atoms with Crippen molar-refractivity contribution in [1.29, 1.82) is 0 Å². The second kappa shape index (κ2) is 4.31. The van der Waals surface area contributed by atoms with Crippen LogP contribution in [0, 0.1) is 0 Å². The summed E-state index contributed by atoms with van der Waals surface area (Å²) in [7, 11) is 0. The van der Waals surface area contributed by atoms with E-state index in [1.54, 1.807) is 0 Å². The fourth-order valence-electron chi connectivity index (χ4n) is 2.00. The number of benzene rings is 2. The van der Waals surface area contributed by atoms with Crippen molar-refractivity contribution in [3.05, 3.63) is 57.6 Å². The summed E-state index contributed by atoms with van der Waals surface area (Å²) < 4.78 is 2.21. The van der Waals surface area contributed by atoms with Gasteiger partial charge in [0.05, 0.1) is 0 Å². The van der Waals surface area contributed by atoms with Gasteiger partial charge in [-0.1, -0.05) is 50.1 Å². The number of rotatable bonds is 1. The Morgan fingerprint density at radius 2 is 1.71 bits per heavy atom. The molecule has 1 heterocycles. The van der Waals surface area contributed by atoms with Crippen LogP contribution in [0.15, 0.2) is 57.6 Å². The fourth-order valence-corrected chi connectivity index (χ4v) is 2.85. The first-order valence-electron chi connectivity index (χ1n) is 5.27. The standard InChI is InChI=1S/C14H9Br2N/c15-9-5-6-14-11(7-9)12(8-17-14)10-3-1-2-4-13(10)16/h1-8,17H. The van der Waals surface area contributed by atoms with Crippen LogP contribution in [0.5, 0.6) is 0 Å². The Balaban J connectivity index is 2.31. The van der Waals surface area contributed by atoms with Crippen molar-refractivity contribution in [2.75, 3.05) is 0 Å². The summed E-state index contributed by atoms with van der Waals surface area (Å²) in [6, 6.07) is 14.5. The van der Waals surface area contributed by atoms with Gasteiger partial charge in [0.2, 0.25) is 0 Å². The quantitative estimate of drug-likeness (QED) is 0.608. The van der Waals surface area contributed by atoms with E-state index in [1.165, 1.54) is 16.5 Å². The molecule has 84 valence electrons. The predicted molar refractivity (Wildman–Crippen MR) is 79.1 cm³/mol. The van der Waals surface area contributed by atoms with Gasteiger partial charge in [0, 0.05) is 31.6 Å². The number of hydrogen-bond donors (Lipinski definition) is 1. The average Bonchev–Trinajstić information content (AvgIpc) is 2.72. The monoisotopic (exact) mass is 349 g/mol. The Bertz CT molecular complexity index is 686. The molecule has 0 fully saturated rings. The van der Waals surface area contributed by atoms with E-state index >= 15 is 0 Å². The molecular formula is C14H9Br2N. The fraction of sp³-hybridized carbons (Fsp3) is 0. The predicted octanol–water partition coefficient (Wildman–Crippen LogP) is 5.36. The van der Waals surface area contributed by atoms with Gasteiger partial charge >= 0.3 is 0 Å². The first-order valence-corrected chi connectivity index (χ1v) is 6.86. The molecule has 0 radical (unpaired) electrons. The van der Waals surface area contributed by atoms with Crippen molar-refractivity contribution < 1.29 is 0 Å². The van der Waals surface area contributed by atoms with Gasteiger partial charge in [-0.2, -0.15) is 0 Å². The van der Waals surface area contributed by atoms with Gasteiger partial charge in [0.15, 0.2) is 0 Å². The highest BCUT2D eigenvalue weighted by molar-refractivity contribution is 9.10. The molecule has 0 spiro atoms. The van der Waals surface area contributed by atoms with E-state index < -0.39 is 0 Å². The topological polar surface area (TPSA) is 15.8 Å². The maximum atomic E-state index is 3.60. The van der Waals surface area contributed by atoms with Crippen molar-refractivity contribution >= 4 is 42.8 Å². The van der Waals surface area contributed by atoms with Crippen LogP contribution in [0.4, 0.5) is 0 Å². The molecule has 2 aromatic carbocycles. The number of fused-ring (bicyclic) bond motifs is 1. The lowest BCUT2D eigenvalue weighted by Gasteiger charge is -2.02. The van der Waals surface area contributed by atoms with E-state index in [9.17, 15) is 0 Å². The zero-order valence-corrected chi connectivity index (χ0v) is 12.0. The summed E-state index contributed by atoms with van der Waals surface area (Å²) in [4.78, 5) is 3.30. The minimum atomic E-state index is 1.10. The van der Waals surface area contributed by atoms with E-state index in [-0.39, 0.29) is 0 Å². The minimum Gasteiger partial charge on any atom is -0.361 e. The first kappa shape index (κ1) is 11.1. The lowest BCUT2D eigenvalue weighted by atomic mass is 10.1. The molecule has 1 nitrogen and oxygen atoms in total. The molecule has 0 saturated heterocycles. The van der Waals surface area contributed by atoms with Crippen LogP contribution < -0.4 is 0 Å². The largest absolute Gasteiger partial charge is 0.361 e. The summed E-state index contributed by atoms with van der Waals surface area (Å²) in [6.07, 6.45) is 2.05. The maximum Gasteiger partial charge on any atom is 0.0461 e. The Morgan fingerprint density at radius 3 is 2.53 bits per heavy atom. The van der Waals surface area contributed by atoms with Gasteiger partial charge in [0.25, 0.3) is 0 Å². The molecule has 3 aromatic rings. The molecule has 0 amide bonds. The second-order valence-electron chi connectivity index (χ2n) is 3.87. The van der Waals surface area contributed by atoms with E-state index in [4.69, 9.17) is 0 Å². The normalized spacial score (nSPS) is 10.9. The molecule has 1 N–H and O–H groups in total. The summed E-state index contributed by atoms with van der Waals surface area (Å²) >= 11 is 7.11. The van der Waals surface area contributed by atoms with Crippen LogP contribution >= 0.6 is 31.9 Å². The Kier molecular flexibility index (Phi) is 2.81. The molecule has 0 atom stereocenters. The highest BCUT2D eigenvalue weighted by atomic mass is 79.9. The number of aromatic nitrogens is 1. The van der Waals surface area contributed by atoms with E-state index in [2.05, 4.69) is 73.4 Å². The SMILES string of the molecule is Brc1ccc2[nH]cc(-c3ccccc3Br)c2c1. The zero-order chi connectivity index (χ0) is 11.8. The second-order valence-corrected chi connectivity index (χ2v) is 5.64. The lowest BCUT2D eigenvalue weighted by Crippen LogP contribution is -1.77. The number of aromatic amines is 1. The van der Waals surface area contributed by atoms with Crippen LogP contribution in [-0.2, 0) is 0 Å². The minimum absolute atomic E-state index is 1.10.